The summed E-state index contributed by atoms with van der Waals surface area (Å²) in [4.78, 5) is 0. The van der Waals surface area contributed by atoms with E-state index >= 15 is 0 Å². The second-order valence-electron chi connectivity index (χ2n) is 5.75. The van der Waals surface area contributed by atoms with E-state index in [1.54, 1.807) is 5.20 Å². The number of rotatable bonds is 2. The summed E-state index contributed by atoms with van der Waals surface area (Å²) in [5.74, 6) is 0. The molecular weight excluding hydrogens is 224 g/mol. The van der Waals surface area contributed by atoms with Crippen LogP contribution in [0.15, 0.2) is 24.3 Å². The van der Waals surface area contributed by atoms with Crippen molar-refractivity contribution < 1.29 is 0 Å². The topological polar surface area (TPSA) is 0 Å². The van der Waals surface area contributed by atoms with Crippen LogP contribution >= 0.6 is 0 Å². The van der Waals surface area contributed by atoms with Crippen LogP contribution in [0.5, 0.6) is 0 Å². The van der Waals surface area contributed by atoms with Crippen molar-refractivity contribution in [3.05, 3.63) is 34.7 Å². The van der Waals surface area contributed by atoms with Gasteiger partial charge in [-0.05, 0) is 20.3 Å². The van der Waals surface area contributed by atoms with Gasteiger partial charge in [0, 0.05) is 5.41 Å². The fraction of sp³-hybridized carbons (Fsp3) is 0.357. The molecule has 0 N–H and O–H groups in total. The van der Waals surface area contributed by atoms with Crippen LogP contribution in [-0.4, -0.2) is 23.2 Å². The largest absolute Gasteiger partial charge is 0.115 e. The minimum Gasteiger partial charge on any atom is -0.115 e. The maximum atomic E-state index is 2.47. The molecule has 0 amide bonds. The molecule has 1 aliphatic carbocycles. The molecule has 1 aromatic carbocycles. The van der Waals surface area contributed by atoms with Gasteiger partial charge in [-0.25, -0.2) is 0 Å². The third-order valence-corrected chi connectivity index (χ3v) is 9.83. The first kappa shape index (κ1) is 11.7. The maximum Gasteiger partial charge on any atom is 0.0960 e. The van der Waals surface area contributed by atoms with E-state index in [1.165, 1.54) is 10.4 Å². The average molecular weight is 244 g/mol. The smallest absolute Gasteiger partial charge is 0.0960 e. The van der Waals surface area contributed by atoms with Crippen molar-refractivity contribution in [3.63, 3.8) is 0 Å². The first-order chi connectivity index (χ1) is 7.38. The summed E-state index contributed by atoms with van der Waals surface area (Å²) in [6.45, 7) is 9.60. The molecule has 0 aromatic heterocycles. The molecule has 0 radical (unpaired) electrons. The zero-order valence-electron chi connectivity index (χ0n) is 10.7. The van der Waals surface area contributed by atoms with E-state index in [2.05, 4.69) is 62.6 Å². The molecule has 0 saturated carbocycles. The third kappa shape index (κ3) is 1.70. The Morgan fingerprint density at radius 1 is 1.19 bits per heavy atom. The van der Waals surface area contributed by atoms with Crippen LogP contribution in [-0.2, 0) is 0 Å². The van der Waals surface area contributed by atoms with E-state index in [1.807, 2.05) is 9.85 Å². The number of hydrogen-bond donors (Lipinski definition) is 0. The Morgan fingerprint density at radius 2 is 1.81 bits per heavy atom. The van der Waals surface area contributed by atoms with E-state index in [0.29, 0.717) is 0 Å². The zero-order chi connectivity index (χ0) is 12.0. The van der Waals surface area contributed by atoms with Gasteiger partial charge in [0.05, 0.1) is 8.07 Å². The Bertz CT molecular complexity index is 550. The molecule has 0 fully saturated rings. The molecule has 0 saturated heterocycles. The highest BCUT2D eigenvalue weighted by Crippen LogP contribution is 2.36. The average Bonchev–Trinajstić information content (AvgIpc) is 2.47. The second-order valence-corrected chi connectivity index (χ2v) is 11.3. The summed E-state index contributed by atoms with van der Waals surface area (Å²) in [6.07, 6.45) is 2.43. The minimum absolute atomic E-state index is 0.233. The monoisotopic (exact) mass is 244 g/mol. The lowest BCUT2D eigenvalue weighted by Gasteiger charge is -2.31. The normalized spacial score (nSPS) is 17.9. The Morgan fingerprint density at radius 3 is 2.44 bits per heavy atom. The summed E-state index contributed by atoms with van der Waals surface area (Å²) in [6, 6.07) is 8.83. The minimum atomic E-state index is -1.36. The van der Waals surface area contributed by atoms with Crippen molar-refractivity contribution in [2.75, 3.05) is 0 Å². The van der Waals surface area contributed by atoms with E-state index < -0.39 is 8.07 Å². The Balaban J connectivity index is 2.87. The Labute approximate surface area is 102 Å². The SMILES string of the molecule is CC1(C)C=c2ccccc2=C1[Si](C)(C)C=[SiH2]. The van der Waals surface area contributed by atoms with Crippen LogP contribution < -0.4 is 10.4 Å². The van der Waals surface area contributed by atoms with Crippen molar-refractivity contribution in [1.82, 2.24) is 0 Å². The van der Waals surface area contributed by atoms with E-state index in [4.69, 9.17) is 0 Å². The van der Waals surface area contributed by atoms with Gasteiger partial charge in [0.2, 0.25) is 0 Å². The van der Waals surface area contributed by atoms with Crippen LogP contribution in [0.3, 0.4) is 0 Å². The fourth-order valence-corrected chi connectivity index (χ4v) is 6.41. The molecule has 1 aromatic rings. The molecule has 0 heterocycles. The van der Waals surface area contributed by atoms with Gasteiger partial charge in [-0.3, -0.25) is 0 Å². The van der Waals surface area contributed by atoms with E-state index in [9.17, 15) is 0 Å². The summed E-state index contributed by atoms with van der Waals surface area (Å²) in [5.41, 5.74) is 0.233. The van der Waals surface area contributed by atoms with Gasteiger partial charge >= 0.3 is 0 Å². The lowest BCUT2D eigenvalue weighted by atomic mass is 9.95. The number of hydrogen-bond acceptors (Lipinski definition) is 0. The summed E-state index contributed by atoms with van der Waals surface area (Å²) in [7, 11) is 0.658. The van der Waals surface area contributed by atoms with Gasteiger partial charge in [-0.2, -0.15) is 0 Å². The molecule has 0 bridgehead atoms. The van der Waals surface area contributed by atoms with Crippen LogP contribution in [0.25, 0.3) is 11.3 Å². The molecule has 0 atom stereocenters. The molecule has 2 heteroatoms. The summed E-state index contributed by atoms with van der Waals surface area (Å²) >= 11 is 0. The quantitative estimate of drug-likeness (QED) is 0.678. The molecule has 0 spiro atoms. The molecule has 0 aliphatic heterocycles. The van der Waals surface area contributed by atoms with Crippen molar-refractivity contribution >= 4 is 34.5 Å². The first-order valence-corrected chi connectivity index (χ1v) is 9.75. The lowest BCUT2D eigenvalue weighted by Crippen LogP contribution is -2.40. The number of benzene rings is 1. The molecule has 0 nitrogen and oxygen atoms in total. The molecule has 16 heavy (non-hydrogen) atoms. The maximum absolute atomic E-state index is 2.47. The van der Waals surface area contributed by atoms with Gasteiger partial charge in [0.25, 0.3) is 0 Å². The van der Waals surface area contributed by atoms with Crippen LogP contribution in [0, 0.1) is 5.41 Å². The van der Waals surface area contributed by atoms with E-state index in [-0.39, 0.29) is 5.41 Å². The number of fused-ring (bicyclic) bond motifs is 1. The predicted octanol–water partition coefficient (Wildman–Crippen LogP) is 0.880. The standard InChI is InChI=1S/C14H20Si2/c1-14(2)9-11-7-5-6-8-12(11)13(14)16(3,4)10-15/h5-10H,15H2,1-4H3. The van der Waals surface area contributed by atoms with Crippen molar-refractivity contribution in [2.24, 2.45) is 5.41 Å². The van der Waals surface area contributed by atoms with Gasteiger partial charge in [0.1, 0.15) is 0 Å². The first-order valence-electron chi connectivity index (χ1n) is 5.85. The van der Waals surface area contributed by atoms with Gasteiger partial charge in [0.15, 0.2) is 0 Å². The van der Waals surface area contributed by atoms with Crippen LogP contribution in [0.2, 0.25) is 13.1 Å². The zero-order valence-corrected chi connectivity index (χ0v) is 13.1. The summed E-state index contributed by atoms with van der Waals surface area (Å²) < 4.78 is 0. The highest BCUT2D eigenvalue weighted by atomic mass is 28.3. The highest BCUT2D eigenvalue weighted by molar-refractivity contribution is 7.17. The third-order valence-electron chi connectivity index (χ3n) is 3.55. The van der Waals surface area contributed by atoms with Crippen molar-refractivity contribution in [3.8, 4) is 0 Å². The van der Waals surface area contributed by atoms with Gasteiger partial charge < -0.3 is 0 Å². The molecule has 84 valence electrons. The second kappa shape index (κ2) is 3.64. The van der Waals surface area contributed by atoms with Crippen LogP contribution in [0.1, 0.15) is 13.8 Å². The lowest BCUT2D eigenvalue weighted by molar-refractivity contribution is 0.711. The molecule has 1 aliphatic rings. The Kier molecular flexibility index (Phi) is 2.67. The van der Waals surface area contributed by atoms with Crippen LogP contribution in [0.4, 0.5) is 0 Å². The van der Waals surface area contributed by atoms with Gasteiger partial charge in [-0.15, -0.1) is 5.30 Å². The Hall–Kier alpha value is -0.736. The molecule has 0 unspecified atom stereocenters. The van der Waals surface area contributed by atoms with Gasteiger partial charge in [-0.1, -0.05) is 62.5 Å². The molecule has 2 rings (SSSR count). The van der Waals surface area contributed by atoms with E-state index in [0.717, 1.165) is 0 Å². The summed E-state index contributed by atoms with van der Waals surface area (Å²) in [5, 5.41) is 7.07. The highest BCUT2D eigenvalue weighted by Gasteiger charge is 2.35. The molecular formula is C14H20Si2. The van der Waals surface area contributed by atoms with Crippen molar-refractivity contribution in [2.45, 2.75) is 26.9 Å². The fourth-order valence-electron chi connectivity index (χ4n) is 2.94. The predicted molar refractivity (Wildman–Crippen MR) is 79.4 cm³/mol. The van der Waals surface area contributed by atoms with Crippen molar-refractivity contribution in [1.29, 1.82) is 0 Å².